The molecular weight excluding hydrogens is 424 g/mol. The van der Waals surface area contributed by atoms with E-state index >= 15 is 0 Å². The first-order valence-corrected chi connectivity index (χ1v) is 9.99. The first kappa shape index (κ1) is 20.4. The summed E-state index contributed by atoms with van der Waals surface area (Å²) in [5, 5.41) is 9.37. The van der Waals surface area contributed by atoms with Gasteiger partial charge in [0, 0.05) is 30.5 Å². The first-order chi connectivity index (χ1) is 13.5. The molecule has 6 nitrogen and oxygen atoms in total. The number of nitrogens with zero attached hydrogens (tertiary/aromatic N) is 2. The number of rotatable bonds is 7. The molecule has 7 heteroatoms. The number of para-hydroxylation sites is 2. The topological polar surface area (TPSA) is 70.1 Å². The molecular formula is C21H23BrN2O4. The van der Waals surface area contributed by atoms with E-state index in [9.17, 15) is 14.7 Å². The molecule has 3 rings (SSSR count). The van der Waals surface area contributed by atoms with Crippen molar-refractivity contribution in [2.45, 2.75) is 26.0 Å². The van der Waals surface area contributed by atoms with Crippen molar-refractivity contribution in [3.63, 3.8) is 0 Å². The molecule has 1 heterocycles. The minimum absolute atomic E-state index is 0.116. The highest BCUT2D eigenvalue weighted by molar-refractivity contribution is 9.10. The van der Waals surface area contributed by atoms with E-state index in [1.165, 1.54) is 0 Å². The quantitative estimate of drug-likeness (QED) is 0.709. The summed E-state index contributed by atoms with van der Waals surface area (Å²) in [6.07, 6.45) is -0.420. The molecule has 0 fully saturated rings. The van der Waals surface area contributed by atoms with Gasteiger partial charge >= 0.3 is 0 Å². The zero-order valence-corrected chi connectivity index (χ0v) is 17.3. The molecule has 1 aliphatic heterocycles. The number of anilines is 1. The normalized spacial score (nSPS) is 15.8. The highest BCUT2D eigenvalue weighted by atomic mass is 79.9. The van der Waals surface area contributed by atoms with Crippen LogP contribution in [0.25, 0.3) is 0 Å². The molecule has 0 unspecified atom stereocenters. The van der Waals surface area contributed by atoms with Gasteiger partial charge in [0.15, 0.2) is 6.10 Å². The number of hydrogen-bond donors (Lipinski definition) is 1. The van der Waals surface area contributed by atoms with E-state index in [1.807, 2.05) is 48.5 Å². The van der Waals surface area contributed by atoms with Gasteiger partial charge in [0.2, 0.25) is 5.91 Å². The van der Waals surface area contributed by atoms with E-state index in [0.717, 1.165) is 10.0 Å². The van der Waals surface area contributed by atoms with Crippen LogP contribution < -0.4 is 9.64 Å². The van der Waals surface area contributed by atoms with E-state index in [0.29, 0.717) is 18.0 Å². The maximum Gasteiger partial charge on any atom is 0.267 e. The summed E-state index contributed by atoms with van der Waals surface area (Å²) >= 11 is 3.49. The monoisotopic (exact) mass is 446 g/mol. The number of aliphatic hydroxyl groups is 1. The van der Waals surface area contributed by atoms with Crippen LogP contribution in [0.15, 0.2) is 53.0 Å². The second-order valence-electron chi connectivity index (χ2n) is 6.60. The lowest BCUT2D eigenvalue weighted by Gasteiger charge is -2.33. The van der Waals surface area contributed by atoms with Crippen molar-refractivity contribution in [1.29, 1.82) is 0 Å². The van der Waals surface area contributed by atoms with Crippen LogP contribution in [0.1, 0.15) is 18.9 Å². The maximum atomic E-state index is 12.8. The fraction of sp³-hybridized carbons (Fsp3) is 0.333. The molecule has 1 atom stereocenters. The Bertz CT molecular complexity index is 858. The van der Waals surface area contributed by atoms with Crippen LogP contribution in [0.2, 0.25) is 0 Å². The van der Waals surface area contributed by atoms with Gasteiger partial charge in [0.1, 0.15) is 5.75 Å². The number of fused-ring (bicyclic) bond motifs is 1. The van der Waals surface area contributed by atoms with Crippen molar-refractivity contribution in [3.05, 3.63) is 58.6 Å². The minimum Gasteiger partial charge on any atom is -0.479 e. The van der Waals surface area contributed by atoms with Gasteiger partial charge in [-0.2, -0.15) is 0 Å². The molecule has 1 N–H and O–H groups in total. The number of halogens is 1. The van der Waals surface area contributed by atoms with Gasteiger partial charge in [0.05, 0.1) is 12.3 Å². The molecule has 0 saturated heterocycles. The molecule has 0 radical (unpaired) electrons. The van der Waals surface area contributed by atoms with Gasteiger partial charge in [-0.1, -0.05) is 46.3 Å². The smallest absolute Gasteiger partial charge is 0.267 e. The standard InChI is InChI=1S/C21H23BrN2O4/c1-15-21(27)24(18-8-4-5-9-19(18)28-15)11-10-20(26)23(12-13-25)14-16-6-2-3-7-17(16)22/h2-9,15,25H,10-14H2,1H3/t15-/m0/s1. The fourth-order valence-corrected chi connectivity index (χ4v) is 3.61. The second kappa shape index (κ2) is 9.21. The van der Waals surface area contributed by atoms with Crippen LogP contribution in [0.5, 0.6) is 5.75 Å². The number of aliphatic hydroxyl groups excluding tert-OH is 1. The van der Waals surface area contributed by atoms with Gasteiger partial charge in [-0.15, -0.1) is 0 Å². The van der Waals surface area contributed by atoms with Crippen molar-refractivity contribution in [2.75, 3.05) is 24.6 Å². The number of hydrogen-bond acceptors (Lipinski definition) is 4. The molecule has 2 amide bonds. The summed E-state index contributed by atoms with van der Waals surface area (Å²) in [6.45, 7) is 2.49. The third-order valence-corrected chi connectivity index (χ3v) is 5.44. The molecule has 0 aromatic heterocycles. The van der Waals surface area contributed by atoms with Crippen LogP contribution in [0.4, 0.5) is 5.69 Å². The summed E-state index contributed by atoms with van der Waals surface area (Å²) in [6, 6.07) is 15.0. The van der Waals surface area contributed by atoms with Crippen molar-refractivity contribution in [3.8, 4) is 5.75 Å². The average Bonchev–Trinajstić information content (AvgIpc) is 2.69. The van der Waals surface area contributed by atoms with E-state index < -0.39 is 6.10 Å². The van der Waals surface area contributed by atoms with E-state index in [-0.39, 0.29) is 37.9 Å². The third-order valence-electron chi connectivity index (χ3n) is 4.66. The Kier molecular flexibility index (Phi) is 6.70. The van der Waals surface area contributed by atoms with Crippen LogP contribution >= 0.6 is 15.9 Å². The zero-order chi connectivity index (χ0) is 20.1. The summed E-state index contributed by atoms with van der Waals surface area (Å²) in [7, 11) is 0. The Balaban J connectivity index is 1.70. The SMILES string of the molecule is C[C@@H]1Oc2ccccc2N(CCC(=O)N(CCO)Cc2ccccc2Br)C1=O. The summed E-state index contributed by atoms with van der Waals surface area (Å²) in [5.41, 5.74) is 1.64. The first-order valence-electron chi connectivity index (χ1n) is 9.20. The van der Waals surface area contributed by atoms with Gasteiger partial charge in [-0.05, 0) is 30.7 Å². The molecule has 0 spiro atoms. The molecule has 28 heavy (non-hydrogen) atoms. The highest BCUT2D eigenvalue weighted by Crippen LogP contribution is 2.33. The van der Waals surface area contributed by atoms with E-state index in [4.69, 9.17) is 4.74 Å². The summed E-state index contributed by atoms with van der Waals surface area (Å²) < 4.78 is 6.55. The minimum atomic E-state index is -0.584. The molecule has 0 aliphatic carbocycles. The number of amides is 2. The molecule has 0 saturated carbocycles. The Morgan fingerprint density at radius 1 is 1.21 bits per heavy atom. The Morgan fingerprint density at radius 2 is 1.93 bits per heavy atom. The zero-order valence-electron chi connectivity index (χ0n) is 15.7. The number of carbonyl (C=O) groups excluding carboxylic acids is 2. The molecule has 0 bridgehead atoms. The predicted octanol–water partition coefficient (Wildman–Crippen LogP) is 2.97. The molecule has 2 aromatic carbocycles. The third kappa shape index (κ3) is 4.54. The largest absolute Gasteiger partial charge is 0.479 e. The van der Waals surface area contributed by atoms with Crippen LogP contribution in [0, 0.1) is 0 Å². The Labute approximate surface area is 172 Å². The predicted molar refractivity (Wildman–Crippen MR) is 110 cm³/mol. The fourth-order valence-electron chi connectivity index (χ4n) is 3.20. The van der Waals surface area contributed by atoms with Crippen LogP contribution in [-0.4, -0.2) is 47.6 Å². The van der Waals surface area contributed by atoms with Gasteiger partial charge < -0.3 is 19.6 Å². The molecule has 2 aromatic rings. The van der Waals surface area contributed by atoms with Crippen molar-refractivity contribution >= 4 is 33.4 Å². The number of carbonyl (C=O) groups is 2. The maximum absolute atomic E-state index is 12.8. The Hall–Kier alpha value is -2.38. The van der Waals surface area contributed by atoms with Gasteiger partial charge in [-0.25, -0.2) is 0 Å². The van der Waals surface area contributed by atoms with Crippen molar-refractivity contribution < 1.29 is 19.4 Å². The number of ether oxygens (including phenoxy) is 1. The lowest BCUT2D eigenvalue weighted by molar-refractivity contribution is -0.132. The molecule has 148 valence electrons. The van der Waals surface area contributed by atoms with E-state index in [1.54, 1.807) is 16.7 Å². The summed E-state index contributed by atoms with van der Waals surface area (Å²) in [4.78, 5) is 28.6. The van der Waals surface area contributed by atoms with Gasteiger partial charge in [-0.3, -0.25) is 9.59 Å². The van der Waals surface area contributed by atoms with Crippen molar-refractivity contribution in [1.82, 2.24) is 4.90 Å². The van der Waals surface area contributed by atoms with Gasteiger partial charge in [0.25, 0.3) is 5.91 Å². The lowest BCUT2D eigenvalue weighted by atomic mass is 10.1. The van der Waals surface area contributed by atoms with E-state index in [2.05, 4.69) is 15.9 Å². The highest BCUT2D eigenvalue weighted by Gasteiger charge is 2.31. The number of benzene rings is 2. The average molecular weight is 447 g/mol. The molecule has 1 aliphatic rings. The summed E-state index contributed by atoms with van der Waals surface area (Å²) in [5.74, 6) is 0.364. The van der Waals surface area contributed by atoms with Crippen LogP contribution in [0.3, 0.4) is 0 Å². The van der Waals surface area contributed by atoms with Crippen LogP contribution in [-0.2, 0) is 16.1 Å². The lowest BCUT2D eigenvalue weighted by Crippen LogP contribution is -2.46. The van der Waals surface area contributed by atoms with Crippen molar-refractivity contribution in [2.24, 2.45) is 0 Å². The Morgan fingerprint density at radius 3 is 2.68 bits per heavy atom. The second-order valence-corrected chi connectivity index (χ2v) is 7.45.